The second-order valence-corrected chi connectivity index (χ2v) is 4.86. The summed E-state index contributed by atoms with van der Waals surface area (Å²) in [4.78, 5) is 12.1. The van der Waals surface area contributed by atoms with E-state index in [2.05, 4.69) is 5.10 Å². The Hall–Kier alpha value is -1.78. The molecule has 0 bridgehead atoms. The molecule has 0 radical (unpaired) electrons. The van der Waals surface area contributed by atoms with Crippen LogP contribution in [0.1, 0.15) is 32.0 Å². The van der Waals surface area contributed by atoms with Gasteiger partial charge in [-0.3, -0.25) is 9.58 Å². The highest BCUT2D eigenvalue weighted by Gasteiger charge is 2.24. The maximum Gasteiger partial charge on any atom is 0.411 e. The highest BCUT2D eigenvalue weighted by atomic mass is 16.4. The van der Waals surface area contributed by atoms with Crippen molar-refractivity contribution in [3.05, 3.63) is 23.7 Å². The molecule has 5 heteroatoms. The number of hydrogen-bond donors (Lipinski definition) is 1. The van der Waals surface area contributed by atoms with Gasteiger partial charge >= 0.3 is 6.09 Å². The summed E-state index contributed by atoms with van der Waals surface area (Å²) < 4.78 is 1.88. The van der Waals surface area contributed by atoms with Gasteiger partial charge in [-0.15, -0.1) is 0 Å². The normalized spacial score (nSPS) is 15.1. The number of amides is 1. The van der Waals surface area contributed by atoms with Crippen LogP contribution in [-0.2, 0) is 12.1 Å². The minimum atomic E-state index is -0.941. The number of carbonyl (C=O) groups is 1. The van der Waals surface area contributed by atoms with E-state index in [1.54, 1.807) is 18.5 Å². The fourth-order valence-corrected chi connectivity index (χ4v) is 1.78. The van der Waals surface area contributed by atoms with Crippen molar-refractivity contribution in [2.45, 2.75) is 32.9 Å². The van der Waals surface area contributed by atoms with E-state index in [4.69, 9.17) is 5.11 Å². The topological polar surface area (TPSA) is 58.4 Å². The Kier molecular flexibility index (Phi) is 2.26. The summed E-state index contributed by atoms with van der Waals surface area (Å²) in [6.45, 7) is 6.50. The molecule has 0 aliphatic carbocycles. The molecule has 0 spiro atoms. The van der Waals surface area contributed by atoms with Crippen molar-refractivity contribution in [2.24, 2.45) is 0 Å². The molecule has 0 unspecified atom stereocenters. The van der Waals surface area contributed by atoms with Gasteiger partial charge in [-0.05, 0) is 26.8 Å². The average molecular weight is 221 g/mol. The lowest BCUT2D eigenvalue weighted by Crippen LogP contribution is -2.31. The van der Waals surface area contributed by atoms with E-state index in [9.17, 15) is 4.79 Å². The molecule has 16 heavy (non-hydrogen) atoms. The van der Waals surface area contributed by atoms with Gasteiger partial charge in [0.15, 0.2) is 0 Å². The Bertz CT molecular complexity index is 454. The number of carboxylic acid groups (broad SMARTS) is 1. The summed E-state index contributed by atoms with van der Waals surface area (Å²) in [7, 11) is 0. The molecule has 1 aliphatic heterocycles. The SMILES string of the molecule is CC(C)(C)n1ncc2c1CN(C(=O)O)C=C2. The molecule has 1 aliphatic rings. The summed E-state index contributed by atoms with van der Waals surface area (Å²) in [5, 5.41) is 13.2. The summed E-state index contributed by atoms with van der Waals surface area (Å²) >= 11 is 0. The largest absolute Gasteiger partial charge is 0.465 e. The minimum Gasteiger partial charge on any atom is -0.465 e. The number of hydrogen-bond acceptors (Lipinski definition) is 2. The molecule has 2 rings (SSSR count). The van der Waals surface area contributed by atoms with Crippen LogP contribution in [0, 0.1) is 0 Å². The minimum absolute atomic E-state index is 0.136. The third-order valence-corrected chi connectivity index (χ3v) is 2.54. The molecule has 1 aromatic heterocycles. The fourth-order valence-electron chi connectivity index (χ4n) is 1.78. The van der Waals surface area contributed by atoms with Crippen LogP contribution in [0.25, 0.3) is 6.08 Å². The zero-order valence-corrected chi connectivity index (χ0v) is 9.64. The molecular weight excluding hydrogens is 206 g/mol. The van der Waals surface area contributed by atoms with E-state index >= 15 is 0 Å². The van der Waals surface area contributed by atoms with Crippen LogP contribution >= 0.6 is 0 Å². The van der Waals surface area contributed by atoms with Crippen molar-refractivity contribution < 1.29 is 9.90 Å². The van der Waals surface area contributed by atoms with Crippen LogP contribution in [0.15, 0.2) is 12.4 Å². The molecule has 0 aromatic carbocycles. The fraction of sp³-hybridized carbons (Fsp3) is 0.455. The van der Waals surface area contributed by atoms with Gasteiger partial charge in [0.1, 0.15) is 0 Å². The molecule has 5 nitrogen and oxygen atoms in total. The van der Waals surface area contributed by atoms with Crippen LogP contribution in [0.3, 0.4) is 0 Å². The van der Waals surface area contributed by atoms with Crippen LogP contribution in [0.4, 0.5) is 4.79 Å². The molecule has 0 saturated carbocycles. The van der Waals surface area contributed by atoms with Gasteiger partial charge in [-0.2, -0.15) is 5.10 Å². The van der Waals surface area contributed by atoms with E-state index in [0.29, 0.717) is 6.54 Å². The molecule has 0 saturated heterocycles. The summed E-state index contributed by atoms with van der Waals surface area (Å²) in [5.41, 5.74) is 1.80. The van der Waals surface area contributed by atoms with E-state index in [1.807, 2.05) is 25.5 Å². The number of rotatable bonds is 0. The van der Waals surface area contributed by atoms with Crippen molar-refractivity contribution in [1.82, 2.24) is 14.7 Å². The first-order valence-electron chi connectivity index (χ1n) is 5.15. The molecule has 1 aromatic rings. The van der Waals surface area contributed by atoms with Gasteiger partial charge in [0.05, 0.1) is 24.0 Å². The molecule has 86 valence electrons. The first kappa shape index (κ1) is 10.7. The summed E-state index contributed by atoms with van der Waals surface area (Å²) in [6, 6.07) is 0. The molecule has 2 heterocycles. The lowest BCUT2D eigenvalue weighted by Gasteiger charge is -2.26. The highest BCUT2D eigenvalue weighted by Crippen LogP contribution is 2.24. The van der Waals surface area contributed by atoms with Crippen molar-refractivity contribution in [1.29, 1.82) is 0 Å². The summed E-state index contributed by atoms with van der Waals surface area (Å²) in [5.74, 6) is 0. The zero-order valence-electron chi connectivity index (χ0n) is 9.64. The van der Waals surface area contributed by atoms with Crippen molar-refractivity contribution in [3.63, 3.8) is 0 Å². The average Bonchev–Trinajstić information content (AvgIpc) is 2.58. The van der Waals surface area contributed by atoms with Gasteiger partial charge in [0, 0.05) is 11.8 Å². The number of aromatic nitrogens is 2. The number of nitrogens with zero attached hydrogens (tertiary/aromatic N) is 3. The first-order chi connectivity index (χ1) is 7.39. The van der Waals surface area contributed by atoms with Crippen LogP contribution in [0.5, 0.6) is 0 Å². The lowest BCUT2D eigenvalue weighted by atomic mass is 10.1. The van der Waals surface area contributed by atoms with Crippen molar-refractivity contribution in [2.75, 3.05) is 0 Å². The second-order valence-electron chi connectivity index (χ2n) is 4.86. The Balaban J connectivity index is 2.41. The van der Waals surface area contributed by atoms with E-state index in [1.165, 1.54) is 4.90 Å². The summed E-state index contributed by atoms with van der Waals surface area (Å²) in [6.07, 6.45) is 4.18. The van der Waals surface area contributed by atoms with Crippen LogP contribution < -0.4 is 0 Å². The molecule has 0 atom stereocenters. The third kappa shape index (κ3) is 1.68. The van der Waals surface area contributed by atoms with Gasteiger partial charge in [0.2, 0.25) is 0 Å². The number of fused-ring (bicyclic) bond motifs is 1. The first-order valence-corrected chi connectivity index (χ1v) is 5.15. The van der Waals surface area contributed by atoms with Crippen LogP contribution in [-0.4, -0.2) is 25.9 Å². The standard InChI is InChI=1S/C11H15N3O2/c1-11(2,3)14-9-7-13(10(15)16)5-4-8(9)6-12-14/h4-6H,7H2,1-3H3,(H,15,16). The van der Waals surface area contributed by atoms with Gasteiger partial charge in [-0.1, -0.05) is 0 Å². The quantitative estimate of drug-likeness (QED) is 0.729. The Morgan fingerprint density at radius 3 is 2.75 bits per heavy atom. The van der Waals surface area contributed by atoms with Crippen molar-refractivity contribution >= 4 is 12.2 Å². The zero-order chi connectivity index (χ0) is 11.9. The maximum absolute atomic E-state index is 10.9. The third-order valence-electron chi connectivity index (χ3n) is 2.54. The second kappa shape index (κ2) is 3.37. The van der Waals surface area contributed by atoms with Gasteiger partial charge in [-0.25, -0.2) is 4.79 Å². The lowest BCUT2D eigenvalue weighted by molar-refractivity contribution is 0.158. The molecule has 1 N–H and O–H groups in total. The maximum atomic E-state index is 10.9. The Morgan fingerprint density at radius 1 is 1.50 bits per heavy atom. The Labute approximate surface area is 94.0 Å². The van der Waals surface area contributed by atoms with Gasteiger partial charge in [0.25, 0.3) is 0 Å². The monoisotopic (exact) mass is 221 g/mol. The smallest absolute Gasteiger partial charge is 0.411 e. The molecular formula is C11H15N3O2. The van der Waals surface area contributed by atoms with Gasteiger partial charge < -0.3 is 5.11 Å². The molecule has 0 fully saturated rings. The van der Waals surface area contributed by atoms with Crippen LogP contribution in [0.2, 0.25) is 0 Å². The van der Waals surface area contributed by atoms with Crippen molar-refractivity contribution in [3.8, 4) is 0 Å². The van der Waals surface area contributed by atoms with E-state index in [0.717, 1.165) is 11.3 Å². The Morgan fingerprint density at radius 2 is 2.19 bits per heavy atom. The highest BCUT2D eigenvalue weighted by molar-refractivity contribution is 5.70. The van der Waals surface area contributed by atoms with E-state index in [-0.39, 0.29) is 5.54 Å². The molecule has 1 amide bonds. The predicted octanol–water partition coefficient (Wildman–Crippen LogP) is 2.10. The predicted molar refractivity (Wildman–Crippen MR) is 59.8 cm³/mol. The van der Waals surface area contributed by atoms with E-state index < -0.39 is 6.09 Å².